The molecular weight excluding hydrogens is 304 g/mol. The van der Waals surface area contributed by atoms with Crippen molar-refractivity contribution < 1.29 is 35.9 Å². The fraction of sp³-hybridized carbons (Fsp3) is 0.417. The van der Waals surface area contributed by atoms with E-state index in [1.54, 1.807) is 19.9 Å². The molecule has 0 saturated carbocycles. The molecule has 0 fully saturated rings. The van der Waals surface area contributed by atoms with Gasteiger partial charge in [0.15, 0.2) is 0 Å². The van der Waals surface area contributed by atoms with Crippen LogP contribution in [0.3, 0.4) is 0 Å². The van der Waals surface area contributed by atoms with Crippen LogP contribution in [-0.4, -0.2) is 24.5 Å². The second kappa shape index (κ2) is 5.82. The molecule has 1 aromatic carbocycles. The molecule has 0 aromatic heterocycles. The Kier molecular flexibility index (Phi) is 4.75. The van der Waals surface area contributed by atoms with Gasteiger partial charge in [0.1, 0.15) is 5.75 Å². The predicted octanol–water partition coefficient (Wildman–Crippen LogP) is 3.89. The molecule has 0 spiro atoms. The number of hydrogen-bond donors (Lipinski definition) is 1. The van der Waals surface area contributed by atoms with Crippen LogP contribution in [0, 0.1) is 13.8 Å². The maximum absolute atomic E-state index is 12.3. The third-order valence-electron chi connectivity index (χ3n) is 2.32. The molecule has 9 heteroatoms. The normalized spacial score (nSPS) is 12.4. The molecule has 0 aliphatic carbocycles. The molecule has 0 radical (unpaired) electrons. The molecule has 1 aromatic rings. The van der Waals surface area contributed by atoms with E-state index in [2.05, 4.69) is 4.74 Å². The molecule has 0 bridgehead atoms. The number of rotatable bonds is 2. The van der Waals surface area contributed by atoms with Gasteiger partial charge in [-0.3, -0.25) is 0 Å². The van der Waals surface area contributed by atoms with Crippen LogP contribution >= 0.6 is 0 Å². The lowest BCUT2D eigenvalue weighted by Crippen LogP contribution is -2.55. The summed E-state index contributed by atoms with van der Waals surface area (Å²) in [6, 6.07) is 0.327. The smallest absolute Gasteiger partial charge is 0.410 e. The van der Waals surface area contributed by atoms with Crippen LogP contribution in [0.15, 0.2) is 18.2 Å². The molecule has 1 rings (SSSR count). The Hall–Kier alpha value is -1.93. The topological polar surface area (TPSA) is 38.3 Å². The minimum absolute atomic E-state index is 0.145. The number of aryl methyl sites for hydroxylation is 2. The Morgan fingerprint density at radius 2 is 1.43 bits per heavy atom. The molecule has 0 atom stereocenters. The number of amides is 1. The van der Waals surface area contributed by atoms with E-state index in [9.17, 15) is 31.1 Å². The number of alkyl halides is 6. The summed E-state index contributed by atoms with van der Waals surface area (Å²) in [7, 11) is 0. The highest BCUT2D eigenvalue weighted by molar-refractivity contribution is 5.71. The molecule has 0 aliphatic heterocycles. The fourth-order valence-corrected chi connectivity index (χ4v) is 1.60. The second-order valence-electron chi connectivity index (χ2n) is 4.37. The van der Waals surface area contributed by atoms with E-state index in [1.807, 2.05) is 0 Å². The van der Waals surface area contributed by atoms with Crippen molar-refractivity contribution in [3.8, 4) is 5.75 Å². The first-order chi connectivity index (χ1) is 9.39. The Balaban J connectivity index is 2.84. The van der Waals surface area contributed by atoms with Crippen LogP contribution in [0.5, 0.6) is 5.75 Å². The van der Waals surface area contributed by atoms with Gasteiger partial charge in [-0.2, -0.15) is 26.3 Å². The van der Waals surface area contributed by atoms with Crippen LogP contribution in [0.1, 0.15) is 11.1 Å². The van der Waals surface area contributed by atoms with Crippen molar-refractivity contribution in [2.24, 2.45) is 0 Å². The molecule has 118 valence electrons. The molecular formula is C12H11F6NO2. The lowest BCUT2D eigenvalue weighted by molar-refractivity contribution is -0.255. The summed E-state index contributed by atoms with van der Waals surface area (Å²) in [5, 5.41) is 0.773. The second-order valence-corrected chi connectivity index (χ2v) is 4.37. The minimum Gasteiger partial charge on any atom is -0.410 e. The van der Waals surface area contributed by atoms with Gasteiger partial charge < -0.3 is 10.1 Å². The number of hydrogen-bond acceptors (Lipinski definition) is 2. The van der Waals surface area contributed by atoms with E-state index in [-0.39, 0.29) is 5.75 Å². The molecule has 0 aliphatic rings. The van der Waals surface area contributed by atoms with E-state index in [4.69, 9.17) is 0 Å². The van der Waals surface area contributed by atoms with Gasteiger partial charge in [0, 0.05) is 0 Å². The van der Waals surface area contributed by atoms with Crippen molar-refractivity contribution >= 4 is 6.09 Å². The third kappa shape index (κ3) is 5.16. The zero-order valence-electron chi connectivity index (χ0n) is 10.9. The zero-order chi connectivity index (χ0) is 16.4. The lowest BCUT2D eigenvalue weighted by atomic mass is 10.1. The standard InChI is InChI=1S/C12H11F6NO2/c1-6-3-7(2)5-8(4-6)21-10(20)19-9(11(13,14)15)12(16,17)18/h3-5,9H,1-2H3,(H,19,20). The van der Waals surface area contributed by atoms with Gasteiger partial charge in [-0.15, -0.1) is 0 Å². The first kappa shape index (κ1) is 17.1. The molecule has 0 heterocycles. The predicted molar refractivity (Wildman–Crippen MR) is 61.0 cm³/mol. The number of benzene rings is 1. The highest BCUT2D eigenvalue weighted by Gasteiger charge is 2.57. The highest BCUT2D eigenvalue weighted by atomic mass is 19.4. The summed E-state index contributed by atoms with van der Waals surface area (Å²) in [6.45, 7) is 3.26. The average Bonchev–Trinajstić information content (AvgIpc) is 2.21. The van der Waals surface area contributed by atoms with Gasteiger partial charge >= 0.3 is 18.4 Å². The summed E-state index contributed by atoms with van der Waals surface area (Å²) in [5.41, 5.74) is 1.28. The first-order valence-corrected chi connectivity index (χ1v) is 5.59. The number of carbonyl (C=O) groups is 1. The van der Waals surface area contributed by atoms with Crippen molar-refractivity contribution in [2.45, 2.75) is 32.2 Å². The number of halogens is 6. The summed E-state index contributed by atoms with van der Waals surface area (Å²) in [6.07, 6.45) is -13.2. The summed E-state index contributed by atoms with van der Waals surface area (Å²) in [4.78, 5) is 11.2. The van der Waals surface area contributed by atoms with Crippen molar-refractivity contribution in [3.63, 3.8) is 0 Å². The van der Waals surface area contributed by atoms with Crippen LogP contribution in [0.2, 0.25) is 0 Å². The van der Waals surface area contributed by atoms with Crippen LogP contribution in [0.4, 0.5) is 31.1 Å². The van der Waals surface area contributed by atoms with Gasteiger partial charge in [0.05, 0.1) is 0 Å². The van der Waals surface area contributed by atoms with Crippen molar-refractivity contribution in [1.29, 1.82) is 0 Å². The summed E-state index contributed by atoms with van der Waals surface area (Å²) >= 11 is 0. The summed E-state index contributed by atoms with van der Waals surface area (Å²) in [5.74, 6) is -0.145. The summed E-state index contributed by atoms with van der Waals surface area (Å²) < 4.78 is 78.0. The van der Waals surface area contributed by atoms with Crippen LogP contribution < -0.4 is 10.1 Å². The van der Waals surface area contributed by atoms with Gasteiger partial charge in [0.2, 0.25) is 6.04 Å². The fourth-order valence-electron chi connectivity index (χ4n) is 1.60. The molecule has 1 N–H and O–H groups in total. The molecule has 3 nitrogen and oxygen atoms in total. The van der Waals surface area contributed by atoms with Crippen molar-refractivity contribution in [1.82, 2.24) is 5.32 Å². The van der Waals surface area contributed by atoms with E-state index in [0.717, 1.165) is 5.32 Å². The van der Waals surface area contributed by atoms with Crippen molar-refractivity contribution in [2.75, 3.05) is 0 Å². The maximum atomic E-state index is 12.3. The van der Waals surface area contributed by atoms with Gasteiger partial charge in [-0.1, -0.05) is 6.07 Å². The maximum Gasteiger partial charge on any atom is 0.417 e. The monoisotopic (exact) mass is 315 g/mol. The van der Waals surface area contributed by atoms with E-state index in [1.165, 1.54) is 12.1 Å². The van der Waals surface area contributed by atoms with Crippen LogP contribution in [-0.2, 0) is 0 Å². The molecule has 0 saturated heterocycles. The number of nitrogens with one attached hydrogen (secondary N) is 1. The van der Waals surface area contributed by atoms with Gasteiger partial charge in [0.25, 0.3) is 0 Å². The molecule has 21 heavy (non-hydrogen) atoms. The molecule has 0 unspecified atom stereocenters. The first-order valence-electron chi connectivity index (χ1n) is 5.59. The highest BCUT2D eigenvalue weighted by Crippen LogP contribution is 2.33. The van der Waals surface area contributed by atoms with E-state index >= 15 is 0 Å². The van der Waals surface area contributed by atoms with Gasteiger partial charge in [-0.25, -0.2) is 4.79 Å². The number of ether oxygens (including phenoxy) is 1. The Morgan fingerprint density at radius 1 is 1.00 bits per heavy atom. The van der Waals surface area contributed by atoms with E-state index in [0.29, 0.717) is 11.1 Å². The van der Waals surface area contributed by atoms with E-state index < -0.39 is 24.5 Å². The van der Waals surface area contributed by atoms with Gasteiger partial charge in [-0.05, 0) is 37.1 Å². The average molecular weight is 315 g/mol. The number of carbonyl (C=O) groups excluding carboxylic acids is 1. The van der Waals surface area contributed by atoms with Crippen molar-refractivity contribution in [3.05, 3.63) is 29.3 Å². The minimum atomic E-state index is -5.67. The third-order valence-corrected chi connectivity index (χ3v) is 2.32. The molecule has 1 amide bonds. The zero-order valence-corrected chi connectivity index (χ0v) is 10.9. The Labute approximate surface area is 115 Å². The SMILES string of the molecule is Cc1cc(C)cc(OC(=O)NC(C(F)(F)F)C(F)(F)F)c1. The van der Waals surface area contributed by atoms with Crippen LogP contribution in [0.25, 0.3) is 0 Å². The largest absolute Gasteiger partial charge is 0.417 e. The Morgan fingerprint density at radius 3 is 1.81 bits per heavy atom. The lowest BCUT2D eigenvalue weighted by Gasteiger charge is -2.23. The Bertz CT molecular complexity index is 489. The quantitative estimate of drug-likeness (QED) is 0.841.